The third-order valence-corrected chi connectivity index (χ3v) is 12.4. The summed E-state index contributed by atoms with van der Waals surface area (Å²) in [5, 5.41) is -0.340. The zero-order valence-electron chi connectivity index (χ0n) is 23.7. The first-order valence-electron chi connectivity index (χ1n) is 13.6. The average molecular weight is 541 g/mol. The zero-order valence-corrected chi connectivity index (χ0v) is 24.7. The molecule has 0 spiro atoms. The van der Waals surface area contributed by atoms with Crippen LogP contribution in [-0.4, -0.2) is 52.5 Å². The van der Waals surface area contributed by atoms with Crippen LogP contribution in [0.15, 0.2) is 73.3 Å². The van der Waals surface area contributed by atoms with E-state index in [1.165, 1.54) is 0 Å². The van der Waals surface area contributed by atoms with E-state index < -0.39 is 27.1 Å². The summed E-state index contributed by atoms with van der Waals surface area (Å²) in [5.74, 6) is 0. The van der Waals surface area contributed by atoms with Crippen molar-refractivity contribution in [2.45, 2.75) is 95.5 Å². The normalized spacial score (nSPS) is 27.5. The maximum Gasteiger partial charge on any atom is 0.349 e. The van der Waals surface area contributed by atoms with Gasteiger partial charge in [0.05, 0.1) is 26.4 Å². The molecule has 0 saturated carbocycles. The van der Waals surface area contributed by atoms with Crippen LogP contribution in [-0.2, 0) is 41.0 Å². The van der Waals surface area contributed by atoms with Crippen LogP contribution < -0.4 is 0 Å². The SMILES string of the molecule is C=CCO[C@H]1O[C@@H]2CO[Si](C(C)(C)C)(C(C)(C)C)O[C@@H]2[C@H](OCc2ccccc2)[C@H]1OCc1ccccc1. The quantitative estimate of drug-likeness (QED) is 0.266. The molecule has 0 aromatic heterocycles. The van der Waals surface area contributed by atoms with Gasteiger partial charge in [-0.3, -0.25) is 0 Å². The molecule has 0 unspecified atom stereocenters. The van der Waals surface area contributed by atoms with Crippen LogP contribution in [0.5, 0.6) is 0 Å². The number of rotatable bonds is 9. The van der Waals surface area contributed by atoms with Crippen molar-refractivity contribution < 1.29 is 27.8 Å². The Labute approximate surface area is 229 Å². The Hall–Kier alpha value is -1.84. The molecule has 0 aliphatic carbocycles. The fourth-order valence-electron chi connectivity index (χ4n) is 5.69. The largest absolute Gasteiger partial charge is 0.391 e. The molecule has 2 aromatic rings. The maximum absolute atomic E-state index is 7.15. The van der Waals surface area contributed by atoms with Gasteiger partial charge in [0.25, 0.3) is 0 Å². The lowest BCUT2D eigenvalue weighted by atomic mass is 9.98. The molecule has 0 bridgehead atoms. The van der Waals surface area contributed by atoms with Crippen molar-refractivity contribution in [2.24, 2.45) is 0 Å². The fourth-order valence-corrected chi connectivity index (χ4v) is 10.6. The standard InChI is InChI=1S/C31H44O6Si/c1-8-19-32-29-28(34-21-24-17-13-10-14-18-24)27(33-20-23-15-11-9-12-16-23)26-25(36-29)22-35-38(37-26,30(2,3)4)31(5,6)7/h8-18,25-29H,1,19-22H2,2-7H3/t25-,26+,27+,28-,29+/m1/s1. The van der Waals surface area contributed by atoms with Crippen LogP contribution in [0.4, 0.5) is 0 Å². The second-order valence-electron chi connectivity index (χ2n) is 12.2. The summed E-state index contributed by atoms with van der Waals surface area (Å²) in [7, 11) is -2.78. The molecule has 2 aliphatic heterocycles. The monoisotopic (exact) mass is 540 g/mol. The Kier molecular flexibility index (Phi) is 9.30. The molecule has 2 aliphatic rings. The number of hydrogen-bond donors (Lipinski definition) is 0. The van der Waals surface area contributed by atoms with Gasteiger partial charge in [-0.15, -0.1) is 6.58 Å². The van der Waals surface area contributed by atoms with Gasteiger partial charge in [0.2, 0.25) is 0 Å². The van der Waals surface area contributed by atoms with E-state index in [-0.39, 0.29) is 22.3 Å². The molecule has 2 saturated heterocycles. The smallest absolute Gasteiger partial charge is 0.349 e. The first kappa shape index (κ1) is 29.1. The number of benzene rings is 2. The molecule has 5 atom stereocenters. The second-order valence-corrected chi connectivity index (χ2v) is 17.0. The van der Waals surface area contributed by atoms with Gasteiger partial charge in [-0.2, -0.15) is 0 Å². The van der Waals surface area contributed by atoms with Crippen molar-refractivity contribution in [1.82, 2.24) is 0 Å². The van der Waals surface area contributed by atoms with Crippen LogP contribution in [0.25, 0.3) is 0 Å². The Morgan fingerprint density at radius 3 is 1.84 bits per heavy atom. The van der Waals surface area contributed by atoms with Gasteiger partial charge in [-0.25, -0.2) is 0 Å². The van der Waals surface area contributed by atoms with Gasteiger partial charge in [0.15, 0.2) is 6.29 Å². The Balaban J connectivity index is 1.69. The zero-order chi connectivity index (χ0) is 27.4. The van der Waals surface area contributed by atoms with Gasteiger partial charge in [-0.05, 0) is 11.1 Å². The van der Waals surface area contributed by atoms with E-state index in [1.54, 1.807) is 6.08 Å². The molecule has 6 nitrogen and oxygen atoms in total. The molecule has 38 heavy (non-hydrogen) atoms. The number of hydrogen-bond acceptors (Lipinski definition) is 6. The minimum Gasteiger partial charge on any atom is -0.391 e. The van der Waals surface area contributed by atoms with Crippen molar-refractivity contribution in [2.75, 3.05) is 13.2 Å². The van der Waals surface area contributed by atoms with Gasteiger partial charge in [0.1, 0.15) is 24.4 Å². The predicted molar refractivity (Wildman–Crippen MR) is 151 cm³/mol. The number of ether oxygens (including phenoxy) is 4. The molecule has 2 heterocycles. The first-order valence-corrected chi connectivity index (χ1v) is 15.4. The van der Waals surface area contributed by atoms with E-state index in [0.717, 1.165) is 11.1 Å². The highest BCUT2D eigenvalue weighted by atomic mass is 28.4. The Bertz CT molecular complexity index is 1000. The fraction of sp³-hybridized carbons (Fsp3) is 0.548. The Morgan fingerprint density at radius 1 is 0.816 bits per heavy atom. The van der Waals surface area contributed by atoms with Crippen LogP contribution in [0, 0.1) is 0 Å². The Morgan fingerprint density at radius 2 is 1.34 bits per heavy atom. The molecule has 2 fully saturated rings. The summed E-state index contributed by atoms with van der Waals surface area (Å²) < 4.78 is 39.7. The van der Waals surface area contributed by atoms with Crippen LogP contribution in [0.2, 0.25) is 10.1 Å². The highest BCUT2D eigenvalue weighted by molar-refractivity contribution is 6.73. The summed E-state index contributed by atoms with van der Waals surface area (Å²) in [6, 6.07) is 20.3. The molecule has 0 N–H and O–H groups in total. The summed E-state index contributed by atoms with van der Waals surface area (Å²) in [6.45, 7) is 18.7. The molecule has 208 valence electrons. The minimum atomic E-state index is -2.78. The topological polar surface area (TPSA) is 55.4 Å². The van der Waals surface area contributed by atoms with Crippen molar-refractivity contribution in [3.8, 4) is 0 Å². The molecule has 0 radical (unpaired) electrons. The molecule has 4 rings (SSSR count). The third kappa shape index (κ3) is 6.31. The van der Waals surface area contributed by atoms with Gasteiger partial charge in [0, 0.05) is 10.1 Å². The molecule has 0 amide bonds. The van der Waals surface area contributed by atoms with E-state index in [0.29, 0.717) is 26.4 Å². The van der Waals surface area contributed by atoms with E-state index >= 15 is 0 Å². The predicted octanol–water partition coefficient (Wildman–Crippen LogP) is 6.54. The van der Waals surface area contributed by atoms with Crippen molar-refractivity contribution in [3.63, 3.8) is 0 Å². The van der Waals surface area contributed by atoms with Crippen molar-refractivity contribution in [1.29, 1.82) is 0 Å². The van der Waals surface area contributed by atoms with Crippen molar-refractivity contribution >= 4 is 8.56 Å². The molecular formula is C31H44O6Si. The lowest BCUT2D eigenvalue weighted by molar-refractivity contribution is -0.324. The van der Waals surface area contributed by atoms with Gasteiger partial charge >= 0.3 is 8.56 Å². The van der Waals surface area contributed by atoms with E-state index in [1.807, 2.05) is 48.5 Å². The lowest BCUT2D eigenvalue weighted by Crippen LogP contribution is -2.71. The molecule has 2 aromatic carbocycles. The second kappa shape index (κ2) is 12.1. The van der Waals surface area contributed by atoms with Crippen molar-refractivity contribution in [3.05, 3.63) is 84.4 Å². The van der Waals surface area contributed by atoms with E-state index in [9.17, 15) is 0 Å². The highest BCUT2D eigenvalue weighted by Crippen LogP contribution is 2.55. The number of fused-ring (bicyclic) bond motifs is 1. The van der Waals surface area contributed by atoms with Gasteiger partial charge < -0.3 is 27.8 Å². The highest BCUT2D eigenvalue weighted by Gasteiger charge is 2.65. The average Bonchev–Trinajstić information content (AvgIpc) is 2.89. The van der Waals surface area contributed by atoms with E-state index in [2.05, 4.69) is 60.3 Å². The third-order valence-electron chi connectivity index (χ3n) is 7.27. The summed E-state index contributed by atoms with van der Waals surface area (Å²) in [4.78, 5) is 0. The van der Waals surface area contributed by atoms with Gasteiger partial charge in [-0.1, -0.05) is 108 Å². The van der Waals surface area contributed by atoms with E-state index in [4.69, 9.17) is 27.8 Å². The lowest BCUT2D eigenvalue weighted by Gasteiger charge is -2.58. The summed E-state index contributed by atoms with van der Waals surface area (Å²) in [5.41, 5.74) is 2.16. The van der Waals surface area contributed by atoms with Crippen LogP contribution in [0.1, 0.15) is 52.7 Å². The first-order chi connectivity index (χ1) is 18.1. The van der Waals surface area contributed by atoms with Crippen LogP contribution >= 0.6 is 0 Å². The summed E-state index contributed by atoms with van der Waals surface area (Å²) >= 11 is 0. The summed E-state index contributed by atoms with van der Waals surface area (Å²) in [6.07, 6.45) is -0.564. The molecular weight excluding hydrogens is 496 g/mol. The maximum atomic E-state index is 7.15. The molecule has 7 heteroatoms. The van der Waals surface area contributed by atoms with Crippen LogP contribution in [0.3, 0.4) is 0 Å². The minimum absolute atomic E-state index is 0.170.